The minimum absolute atomic E-state index is 0.0521. The highest BCUT2D eigenvalue weighted by atomic mass is 16.4. The lowest BCUT2D eigenvalue weighted by atomic mass is 9.88. The Morgan fingerprint density at radius 1 is 0.882 bits per heavy atom. The molecule has 1 heterocycles. The zero-order chi connectivity index (χ0) is 37.2. The second kappa shape index (κ2) is 21.5. The summed E-state index contributed by atoms with van der Waals surface area (Å²) in [7, 11) is 0. The number of likely N-dealkylation sites (tertiary alicyclic amines) is 1. The highest BCUT2D eigenvalue weighted by molar-refractivity contribution is 5.92. The molecule has 1 aliphatic heterocycles. The van der Waals surface area contributed by atoms with Gasteiger partial charge in [-0.05, 0) is 68.0 Å². The lowest BCUT2D eigenvalue weighted by molar-refractivity contribution is -0.145. The average molecular weight is 708 g/mol. The summed E-state index contributed by atoms with van der Waals surface area (Å²) in [4.78, 5) is 54.8. The minimum Gasteiger partial charge on any atom is -0.480 e. The van der Waals surface area contributed by atoms with Crippen molar-refractivity contribution in [3.8, 4) is 0 Å². The van der Waals surface area contributed by atoms with E-state index in [1.165, 1.54) is 5.56 Å². The zero-order valence-corrected chi connectivity index (χ0v) is 30.7. The van der Waals surface area contributed by atoms with Gasteiger partial charge in [0, 0.05) is 38.6 Å². The van der Waals surface area contributed by atoms with Gasteiger partial charge in [0.2, 0.25) is 17.7 Å². The number of carbonyl (C=O) groups is 4. The van der Waals surface area contributed by atoms with Crippen LogP contribution in [-0.4, -0.2) is 96.6 Å². The van der Waals surface area contributed by atoms with E-state index < -0.39 is 29.5 Å². The van der Waals surface area contributed by atoms with E-state index in [1.54, 1.807) is 0 Å². The number of carboxylic acid groups (broad SMARTS) is 1. The van der Waals surface area contributed by atoms with E-state index in [1.807, 2.05) is 62.4 Å². The minimum atomic E-state index is -1.23. The summed E-state index contributed by atoms with van der Waals surface area (Å²) in [6, 6.07) is 17.7. The molecule has 0 spiro atoms. The molecule has 12 nitrogen and oxygen atoms in total. The molecule has 4 atom stereocenters. The van der Waals surface area contributed by atoms with Gasteiger partial charge >= 0.3 is 5.97 Å². The number of rotatable bonds is 22. The first kappa shape index (κ1) is 41.6. The molecule has 0 aliphatic carbocycles. The Kier molecular flexibility index (Phi) is 17.5. The third-order valence-corrected chi connectivity index (χ3v) is 9.72. The number of nitrogens with one attached hydrogen (secondary N) is 4. The largest absolute Gasteiger partial charge is 0.480 e. The Morgan fingerprint density at radius 3 is 2.10 bits per heavy atom. The molecular formula is C39H61N7O5. The van der Waals surface area contributed by atoms with Crippen molar-refractivity contribution in [3.05, 3.63) is 71.8 Å². The maximum atomic E-state index is 13.9. The third kappa shape index (κ3) is 14.4. The smallest absolute Gasteiger partial charge is 0.323 e. The molecule has 3 rings (SSSR count). The Morgan fingerprint density at radius 2 is 1.51 bits per heavy atom. The molecular weight excluding hydrogens is 646 g/mol. The SMILES string of the molecule is CCC(CNCC(=O)NC(Cc1ccccc1)C(=O)NC(CC(C)C)C(=O)NC(CCCCN)CN1CCC(N)(C(=O)O)CC1)c1ccccc1. The van der Waals surface area contributed by atoms with Crippen LogP contribution in [0.2, 0.25) is 0 Å². The number of carbonyl (C=O) groups excluding carboxylic acids is 3. The van der Waals surface area contributed by atoms with E-state index in [2.05, 4.69) is 45.2 Å². The molecule has 282 valence electrons. The number of hydrogen-bond donors (Lipinski definition) is 7. The van der Waals surface area contributed by atoms with Crippen molar-refractivity contribution in [2.24, 2.45) is 17.4 Å². The second-order valence-electron chi connectivity index (χ2n) is 14.4. The summed E-state index contributed by atoms with van der Waals surface area (Å²) >= 11 is 0. The van der Waals surface area contributed by atoms with Crippen LogP contribution in [0.15, 0.2) is 60.7 Å². The van der Waals surface area contributed by atoms with Crippen LogP contribution < -0.4 is 32.7 Å². The van der Waals surface area contributed by atoms with Crippen molar-refractivity contribution in [2.75, 3.05) is 39.3 Å². The molecule has 1 aliphatic rings. The van der Waals surface area contributed by atoms with E-state index in [-0.39, 0.29) is 42.7 Å². The van der Waals surface area contributed by atoms with Gasteiger partial charge in [0.15, 0.2) is 0 Å². The normalized spacial score (nSPS) is 16.8. The van der Waals surface area contributed by atoms with Gasteiger partial charge in [-0.15, -0.1) is 0 Å². The van der Waals surface area contributed by atoms with E-state index in [4.69, 9.17) is 11.5 Å². The van der Waals surface area contributed by atoms with Gasteiger partial charge < -0.3 is 42.7 Å². The monoisotopic (exact) mass is 707 g/mol. The molecule has 1 saturated heterocycles. The van der Waals surface area contributed by atoms with Gasteiger partial charge in [-0.25, -0.2) is 0 Å². The molecule has 3 amide bonds. The summed E-state index contributed by atoms with van der Waals surface area (Å²) < 4.78 is 0. The van der Waals surface area contributed by atoms with Crippen LogP contribution in [0.5, 0.6) is 0 Å². The predicted octanol–water partition coefficient (Wildman–Crippen LogP) is 2.52. The molecule has 0 aromatic heterocycles. The van der Waals surface area contributed by atoms with Crippen LogP contribution in [0, 0.1) is 5.92 Å². The third-order valence-electron chi connectivity index (χ3n) is 9.72. The maximum absolute atomic E-state index is 13.9. The van der Waals surface area contributed by atoms with E-state index in [9.17, 15) is 24.3 Å². The van der Waals surface area contributed by atoms with Gasteiger partial charge in [0.25, 0.3) is 0 Å². The average Bonchev–Trinajstić information content (AvgIpc) is 3.11. The number of amides is 3. The lowest BCUT2D eigenvalue weighted by Crippen LogP contribution is -2.59. The topological polar surface area (TPSA) is 192 Å². The molecule has 0 saturated carbocycles. The fourth-order valence-corrected chi connectivity index (χ4v) is 6.57. The predicted molar refractivity (Wildman–Crippen MR) is 201 cm³/mol. The van der Waals surface area contributed by atoms with Crippen molar-refractivity contribution in [1.29, 1.82) is 0 Å². The van der Waals surface area contributed by atoms with E-state index >= 15 is 0 Å². The number of nitrogens with two attached hydrogens (primary N) is 2. The summed E-state index contributed by atoms with van der Waals surface area (Å²) in [5, 5.41) is 21.9. The number of benzene rings is 2. The van der Waals surface area contributed by atoms with Crippen molar-refractivity contribution in [1.82, 2.24) is 26.2 Å². The Labute approximate surface area is 303 Å². The van der Waals surface area contributed by atoms with Crippen molar-refractivity contribution >= 4 is 23.7 Å². The van der Waals surface area contributed by atoms with E-state index in [0.29, 0.717) is 58.4 Å². The number of unbranched alkanes of at least 4 members (excludes halogenated alkanes) is 1. The first-order chi connectivity index (χ1) is 24.4. The Bertz CT molecular complexity index is 1350. The van der Waals surface area contributed by atoms with Gasteiger partial charge in [-0.2, -0.15) is 0 Å². The summed E-state index contributed by atoms with van der Waals surface area (Å²) in [6.07, 6.45) is 4.57. The van der Waals surface area contributed by atoms with Gasteiger partial charge in [0.1, 0.15) is 17.6 Å². The first-order valence-electron chi connectivity index (χ1n) is 18.6. The number of aliphatic carboxylic acids is 1. The van der Waals surface area contributed by atoms with E-state index in [0.717, 1.165) is 24.8 Å². The van der Waals surface area contributed by atoms with Gasteiger partial charge in [0.05, 0.1) is 6.54 Å². The number of hydrogen-bond acceptors (Lipinski definition) is 8. The van der Waals surface area contributed by atoms with Crippen LogP contribution in [0.25, 0.3) is 0 Å². The summed E-state index contributed by atoms with van der Waals surface area (Å²) in [5.41, 5.74) is 12.7. The maximum Gasteiger partial charge on any atom is 0.323 e. The molecule has 2 aromatic carbocycles. The summed E-state index contributed by atoms with van der Waals surface area (Å²) in [6.45, 7) is 8.89. The van der Waals surface area contributed by atoms with Crippen molar-refractivity contribution in [2.45, 2.75) is 102 Å². The van der Waals surface area contributed by atoms with Crippen molar-refractivity contribution in [3.63, 3.8) is 0 Å². The second-order valence-corrected chi connectivity index (χ2v) is 14.4. The number of piperidine rings is 1. The molecule has 1 fully saturated rings. The van der Waals surface area contributed by atoms with Crippen molar-refractivity contribution < 1.29 is 24.3 Å². The molecule has 2 aromatic rings. The number of nitrogens with zero attached hydrogens (tertiary/aromatic N) is 1. The highest BCUT2D eigenvalue weighted by Gasteiger charge is 2.38. The van der Waals surface area contributed by atoms with Crippen LogP contribution >= 0.6 is 0 Å². The van der Waals surface area contributed by atoms with Gasteiger partial charge in [-0.3, -0.25) is 19.2 Å². The number of carboxylic acids is 1. The Hall–Kier alpha value is -3.84. The van der Waals surface area contributed by atoms with Crippen LogP contribution in [-0.2, 0) is 25.6 Å². The fraction of sp³-hybridized carbons (Fsp3) is 0.590. The zero-order valence-electron chi connectivity index (χ0n) is 30.7. The Balaban J connectivity index is 1.68. The molecule has 4 unspecified atom stereocenters. The van der Waals surface area contributed by atoms with Crippen LogP contribution in [0.1, 0.15) is 82.8 Å². The first-order valence-corrected chi connectivity index (χ1v) is 18.6. The molecule has 0 bridgehead atoms. The van der Waals surface area contributed by atoms with Gasteiger partial charge in [-0.1, -0.05) is 87.9 Å². The summed E-state index contributed by atoms with van der Waals surface area (Å²) in [5.74, 6) is -1.64. The molecule has 12 heteroatoms. The molecule has 9 N–H and O–H groups in total. The van der Waals surface area contributed by atoms with Crippen LogP contribution in [0.4, 0.5) is 0 Å². The lowest BCUT2D eigenvalue weighted by Gasteiger charge is -2.38. The standard InChI is InChI=1S/C39H61N7O5/c1-4-30(31-15-9-6-10-16-31)25-42-26-35(47)44-34(24-29-13-7-5-8-14-29)37(49)45-33(23-28(2)3)36(48)43-32(17-11-12-20-40)27-46-21-18-39(41,19-22-46)38(50)51/h5-10,13-16,28,30,32-34,42H,4,11-12,17-27,40-41H2,1-3H3,(H,43,48)(H,44,47)(H,45,49)(H,50,51). The fourth-order valence-electron chi connectivity index (χ4n) is 6.57. The highest BCUT2D eigenvalue weighted by Crippen LogP contribution is 2.21. The quantitative estimate of drug-likeness (QED) is 0.0902. The molecule has 51 heavy (non-hydrogen) atoms. The van der Waals surface area contributed by atoms with Crippen LogP contribution in [0.3, 0.4) is 0 Å². The molecule has 0 radical (unpaired) electrons.